The Morgan fingerprint density at radius 1 is 1.36 bits per heavy atom. The first-order chi connectivity index (χ1) is 10.0. The molecule has 0 saturated carbocycles. The van der Waals surface area contributed by atoms with E-state index in [9.17, 15) is 4.79 Å². The van der Waals surface area contributed by atoms with Crippen LogP contribution in [0.3, 0.4) is 0 Å². The Bertz CT molecular complexity index is 522. The van der Waals surface area contributed by atoms with Gasteiger partial charge in [-0.2, -0.15) is 0 Å². The van der Waals surface area contributed by atoms with E-state index in [-0.39, 0.29) is 11.5 Å². The monoisotopic (exact) mass is 325 g/mol. The lowest BCUT2D eigenvalue weighted by atomic mass is 9.98. The highest BCUT2D eigenvalue weighted by molar-refractivity contribution is 7.09. The topological polar surface area (TPSA) is 54.5 Å². The molecule has 0 radical (unpaired) electrons. The molecule has 1 aliphatic heterocycles. The molecule has 0 atom stereocenters. The number of hydrogen-bond donors (Lipinski definition) is 1. The Morgan fingerprint density at radius 2 is 2.00 bits per heavy atom. The maximum atomic E-state index is 11.8. The van der Waals surface area contributed by atoms with E-state index in [0.717, 1.165) is 17.2 Å². The summed E-state index contributed by atoms with van der Waals surface area (Å²) in [6.07, 6.45) is -0.228. The lowest BCUT2D eigenvalue weighted by Crippen LogP contribution is -2.60. The highest BCUT2D eigenvalue weighted by atomic mass is 32.1. The summed E-state index contributed by atoms with van der Waals surface area (Å²) in [5.41, 5.74) is 0.748. The van der Waals surface area contributed by atoms with Gasteiger partial charge in [-0.25, -0.2) is 9.78 Å². The van der Waals surface area contributed by atoms with Gasteiger partial charge in [0.1, 0.15) is 5.60 Å². The van der Waals surface area contributed by atoms with Crippen LogP contribution in [0, 0.1) is 0 Å². The number of amides is 1. The van der Waals surface area contributed by atoms with Crippen LogP contribution in [-0.2, 0) is 16.7 Å². The third-order valence-corrected chi connectivity index (χ3v) is 4.62. The summed E-state index contributed by atoms with van der Waals surface area (Å²) in [4.78, 5) is 18.2. The number of rotatable bonds is 3. The summed E-state index contributed by atoms with van der Waals surface area (Å²) < 4.78 is 5.34. The molecular weight excluding hydrogens is 298 g/mol. The number of nitrogens with zero attached hydrogens (tertiary/aromatic N) is 2. The van der Waals surface area contributed by atoms with Crippen LogP contribution in [0.1, 0.15) is 52.2 Å². The Labute approximate surface area is 137 Å². The van der Waals surface area contributed by atoms with Crippen molar-refractivity contribution in [2.75, 3.05) is 13.1 Å². The van der Waals surface area contributed by atoms with Crippen molar-refractivity contribution in [2.24, 2.45) is 0 Å². The van der Waals surface area contributed by atoms with Gasteiger partial charge in [-0.3, -0.25) is 0 Å². The SMILES string of the molecule is CC(C)(C)OC(=O)N1CC(NCc2csc(C(C)(C)C)n2)C1. The number of carbonyl (C=O) groups is 1. The molecular formula is C16H27N3O2S. The molecule has 22 heavy (non-hydrogen) atoms. The van der Waals surface area contributed by atoms with Crippen LogP contribution in [0.5, 0.6) is 0 Å². The molecule has 2 rings (SSSR count). The molecule has 1 amide bonds. The average Bonchev–Trinajstić information content (AvgIpc) is 2.72. The molecule has 124 valence electrons. The lowest BCUT2D eigenvalue weighted by Gasteiger charge is -2.40. The summed E-state index contributed by atoms with van der Waals surface area (Å²) in [5.74, 6) is 0. The number of aromatic nitrogens is 1. The summed E-state index contributed by atoms with van der Waals surface area (Å²) in [5, 5.41) is 6.71. The van der Waals surface area contributed by atoms with Crippen LogP contribution in [0.2, 0.25) is 0 Å². The van der Waals surface area contributed by atoms with Gasteiger partial charge in [0.25, 0.3) is 0 Å². The lowest BCUT2D eigenvalue weighted by molar-refractivity contribution is 0.00516. The minimum atomic E-state index is -0.431. The van der Waals surface area contributed by atoms with Crippen molar-refractivity contribution in [3.63, 3.8) is 0 Å². The minimum absolute atomic E-state index is 0.104. The summed E-state index contributed by atoms with van der Waals surface area (Å²) in [6, 6.07) is 0.326. The number of hydrogen-bond acceptors (Lipinski definition) is 5. The minimum Gasteiger partial charge on any atom is -0.444 e. The number of nitrogens with one attached hydrogen (secondary N) is 1. The molecule has 0 bridgehead atoms. The van der Waals surface area contributed by atoms with E-state index < -0.39 is 5.60 Å². The van der Waals surface area contributed by atoms with Crippen LogP contribution < -0.4 is 5.32 Å². The van der Waals surface area contributed by atoms with Crippen LogP contribution in [0.4, 0.5) is 4.79 Å². The van der Waals surface area contributed by atoms with E-state index in [1.54, 1.807) is 16.2 Å². The van der Waals surface area contributed by atoms with Gasteiger partial charge in [-0.1, -0.05) is 20.8 Å². The van der Waals surface area contributed by atoms with Crippen molar-refractivity contribution in [3.8, 4) is 0 Å². The predicted octanol–water partition coefficient (Wildman–Crippen LogP) is 3.15. The zero-order valence-electron chi connectivity index (χ0n) is 14.4. The van der Waals surface area contributed by atoms with Crippen LogP contribution >= 0.6 is 11.3 Å². The van der Waals surface area contributed by atoms with Gasteiger partial charge in [0.15, 0.2) is 0 Å². The van der Waals surface area contributed by atoms with Crippen molar-refractivity contribution < 1.29 is 9.53 Å². The number of ether oxygens (including phenoxy) is 1. The number of thiazole rings is 1. The van der Waals surface area contributed by atoms with E-state index in [4.69, 9.17) is 4.74 Å². The third kappa shape index (κ3) is 4.68. The maximum Gasteiger partial charge on any atom is 0.410 e. The van der Waals surface area contributed by atoms with Gasteiger partial charge in [0, 0.05) is 36.5 Å². The fraction of sp³-hybridized carbons (Fsp3) is 0.750. The quantitative estimate of drug-likeness (QED) is 0.927. The molecule has 1 N–H and O–H groups in total. The molecule has 0 aromatic carbocycles. The second-order valence-electron chi connectivity index (χ2n) is 7.86. The normalized spacial score (nSPS) is 16.5. The zero-order chi connectivity index (χ0) is 16.5. The smallest absolute Gasteiger partial charge is 0.410 e. The van der Waals surface area contributed by atoms with Crippen LogP contribution in [-0.4, -0.2) is 40.7 Å². The van der Waals surface area contributed by atoms with E-state index >= 15 is 0 Å². The van der Waals surface area contributed by atoms with E-state index in [2.05, 4.69) is 36.5 Å². The molecule has 0 aliphatic carbocycles. The van der Waals surface area contributed by atoms with Crippen molar-refractivity contribution in [1.29, 1.82) is 0 Å². The highest BCUT2D eigenvalue weighted by Gasteiger charge is 2.33. The van der Waals surface area contributed by atoms with Gasteiger partial charge >= 0.3 is 6.09 Å². The molecule has 2 heterocycles. The first-order valence-corrected chi connectivity index (χ1v) is 8.59. The molecule has 0 unspecified atom stereocenters. The van der Waals surface area contributed by atoms with Crippen LogP contribution in [0.15, 0.2) is 5.38 Å². The van der Waals surface area contributed by atoms with Crippen molar-refractivity contribution >= 4 is 17.4 Å². The summed E-state index contributed by atoms with van der Waals surface area (Å²) in [6.45, 7) is 14.3. The standard InChI is InChI=1S/C16H27N3O2S/c1-15(2,3)13-18-11(10-22-13)7-17-12-8-19(9-12)14(20)21-16(4,5)6/h10,12,17H,7-9H2,1-6H3. The summed E-state index contributed by atoms with van der Waals surface area (Å²) in [7, 11) is 0. The molecule has 1 aliphatic rings. The Balaban J connectivity index is 1.72. The van der Waals surface area contributed by atoms with Gasteiger partial charge < -0.3 is 15.0 Å². The molecule has 1 saturated heterocycles. The van der Waals surface area contributed by atoms with Crippen molar-refractivity contribution in [3.05, 3.63) is 16.1 Å². The molecule has 5 nitrogen and oxygen atoms in total. The zero-order valence-corrected chi connectivity index (χ0v) is 15.2. The second kappa shape index (κ2) is 6.16. The Morgan fingerprint density at radius 3 is 2.50 bits per heavy atom. The average molecular weight is 325 g/mol. The van der Waals surface area contributed by atoms with Crippen molar-refractivity contribution in [1.82, 2.24) is 15.2 Å². The van der Waals surface area contributed by atoms with Gasteiger partial charge in [0.05, 0.1) is 10.7 Å². The number of likely N-dealkylation sites (tertiary alicyclic amines) is 1. The van der Waals surface area contributed by atoms with E-state index in [1.165, 1.54) is 0 Å². The van der Waals surface area contributed by atoms with Crippen LogP contribution in [0.25, 0.3) is 0 Å². The first kappa shape index (κ1) is 17.2. The molecule has 1 aromatic rings. The van der Waals surface area contributed by atoms with Crippen molar-refractivity contribution in [2.45, 2.75) is 65.1 Å². The largest absolute Gasteiger partial charge is 0.444 e. The predicted molar refractivity (Wildman–Crippen MR) is 89.2 cm³/mol. The highest BCUT2D eigenvalue weighted by Crippen LogP contribution is 2.25. The molecule has 1 fully saturated rings. The van der Waals surface area contributed by atoms with Gasteiger partial charge in [0.2, 0.25) is 0 Å². The third-order valence-electron chi connectivity index (χ3n) is 3.30. The fourth-order valence-electron chi connectivity index (χ4n) is 2.06. The van der Waals surface area contributed by atoms with Gasteiger partial charge in [-0.05, 0) is 20.8 Å². The first-order valence-electron chi connectivity index (χ1n) is 7.71. The molecule has 0 spiro atoms. The molecule has 6 heteroatoms. The molecule has 1 aromatic heterocycles. The maximum absolute atomic E-state index is 11.8. The Kier molecular flexibility index (Phi) is 4.82. The fourth-order valence-corrected chi connectivity index (χ4v) is 2.97. The Hall–Kier alpha value is -1.14. The number of carbonyl (C=O) groups excluding carboxylic acids is 1. The second-order valence-corrected chi connectivity index (χ2v) is 8.72. The van der Waals surface area contributed by atoms with Gasteiger partial charge in [-0.15, -0.1) is 11.3 Å². The van der Waals surface area contributed by atoms with E-state index in [0.29, 0.717) is 19.1 Å². The van der Waals surface area contributed by atoms with E-state index in [1.807, 2.05) is 20.8 Å². The summed E-state index contributed by atoms with van der Waals surface area (Å²) >= 11 is 1.71.